The van der Waals surface area contributed by atoms with Gasteiger partial charge in [-0.15, -0.1) is 0 Å². The third-order valence-electron chi connectivity index (χ3n) is 2.41. The number of anilines is 1. The number of halogens is 2. The fourth-order valence-electron chi connectivity index (χ4n) is 1.52. The van der Waals surface area contributed by atoms with Gasteiger partial charge in [0.15, 0.2) is 11.6 Å². The van der Waals surface area contributed by atoms with Crippen molar-refractivity contribution < 1.29 is 13.5 Å². The molecule has 3 nitrogen and oxygen atoms in total. The lowest BCUT2D eigenvalue weighted by Crippen LogP contribution is -2.00. The van der Waals surface area contributed by atoms with E-state index in [4.69, 9.17) is 4.74 Å². The van der Waals surface area contributed by atoms with Crippen LogP contribution in [-0.2, 0) is 0 Å². The van der Waals surface area contributed by atoms with Crippen molar-refractivity contribution in [3.63, 3.8) is 0 Å². The Balaban J connectivity index is 2.16. The zero-order valence-corrected chi connectivity index (χ0v) is 10.5. The summed E-state index contributed by atoms with van der Waals surface area (Å²) < 4.78 is 31.7. The van der Waals surface area contributed by atoms with Crippen molar-refractivity contribution in [2.24, 2.45) is 0 Å². The van der Waals surface area contributed by atoms with Crippen LogP contribution in [0.25, 0.3) is 0 Å². The lowest BCUT2D eigenvalue weighted by atomic mass is 10.3. The van der Waals surface area contributed by atoms with Gasteiger partial charge in [0, 0.05) is 18.7 Å². The first kappa shape index (κ1) is 13.3. The van der Waals surface area contributed by atoms with Crippen LogP contribution in [0.4, 0.5) is 14.5 Å². The van der Waals surface area contributed by atoms with Crippen LogP contribution in [0.1, 0.15) is 13.3 Å². The van der Waals surface area contributed by atoms with Crippen LogP contribution in [0.3, 0.4) is 0 Å². The number of hydrogen-bond acceptors (Lipinski definition) is 3. The molecule has 0 spiro atoms. The lowest BCUT2D eigenvalue weighted by Gasteiger charge is -2.09. The molecule has 1 aromatic heterocycles. The molecule has 100 valence electrons. The lowest BCUT2D eigenvalue weighted by molar-refractivity contribution is 0.435. The van der Waals surface area contributed by atoms with Gasteiger partial charge in [-0.2, -0.15) is 0 Å². The minimum Gasteiger partial charge on any atom is -0.452 e. The topological polar surface area (TPSA) is 34.2 Å². The maximum atomic E-state index is 13.4. The summed E-state index contributed by atoms with van der Waals surface area (Å²) in [4.78, 5) is 3.98. The third-order valence-corrected chi connectivity index (χ3v) is 2.41. The van der Waals surface area contributed by atoms with Gasteiger partial charge in [-0.3, -0.25) is 4.98 Å². The van der Waals surface area contributed by atoms with Crippen molar-refractivity contribution in [3.05, 3.63) is 48.3 Å². The SMILES string of the molecule is CCCNc1cncc(Oc2cc(F)ccc2F)c1. The highest BCUT2D eigenvalue weighted by Crippen LogP contribution is 2.26. The van der Waals surface area contributed by atoms with Gasteiger partial charge in [-0.05, 0) is 18.6 Å². The molecule has 19 heavy (non-hydrogen) atoms. The zero-order chi connectivity index (χ0) is 13.7. The van der Waals surface area contributed by atoms with Crippen LogP contribution in [0.5, 0.6) is 11.5 Å². The Morgan fingerprint density at radius 2 is 2.05 bits per heavy atom. The number of ether oxygens (including phenoxy) is 1. The first-order valence-electron chi connectivity index (χ1n) is 6.01. The first-order valence-corrected chi connectivity index (χ1v) is 6.01. The van der Waals surface area contributed by atoms with Crippen molar-refractivity contribution in [3.8, 4) is 11.5 Å². The fraction of sp³-hybridized carbons (Fsp3) is 0.214. The minimum atomic E-state index is -0.617. The van der Waals surface area contributed by atoms with Gasteiger partial charge in [0.1, 0.15) is 11.6 Å². The second kappa shape index (κ2) is 6.13. The second-order valence-electron chi connectivity index (χ2n) is 4.01. The molecule has 0 aliphatic heterocycles. The van der Waals surface area contributed by atoms with E-state index < -0.39 is 11.6 Å². The van der Waals surface area contributed by atoms with Gasteiger partial charge < -0.3 is 10.1 Å². The smallest absolute Gasteiger partial charge is 0.166 e. The highest BCUT2D eigenvalue weighted by molar-refractivity contribution is 5.46. The Bertz CT molecular complexity index is 561. The molecule has 0 bridgehead atoms. The summed E-state index contributed by atoms with van der Waals surface area (Å²) in [5.74, 6) is -0.974. The molecule has 1 heterocycles. The van der Waals surface area contributed by atoms with Gasteiger partial charge in [0.2, 0.25) is 0 Å². The van der Waals surface area contributed by atoms with Gasteiger partial charge in [-0.1, -0.05) is 6.92 Å². The van der Waals surface area contributed by atoms with E-state index in [1.54, 1.807) is 12.3 Å². The Hall–Kier alpha value is -2.17. The van der Waals surface area contributed by atoms with Crippen molar-refractivity contribution >= 4 is 5.69 Å². The molecule has 0 amide bonds. The molecule has 1 N–H and O–H groups in total. The maximum Gasteiger partial charge on any atom is 0.166 e. The van der Waals surface area contributed by atoms with Crippen LogP contribution >= 0.6 is 0 Å². The molecular weight excluding hydrogens is 250 g/mol. The molecule has 0 unspecified atom stereocenters. The molecule has 5 heteroatoms. The van der Waals surface area contributed by atoms with Crippen LogP contribution < -0.4 is 10.1 Å². The van der Waals surface area contributed by atoms with Gasteiger partial charge in [0.05, 0.1) is 18.1 Å². The predicted octanol–water partition coefficient (Wildman–Crippen LogP) is 3.97. The molecule has 0 saturated heterocycles. The molecule has 0 saturated carbocycles. The van der Waals surface area contributed by atoms with Gasteiger partial charge in [0.25, 0.3) is 0 Å². The van der Waals surface area contributed by atoms with E-state index in [9.17, 15) is 8.78 Å². The van der Waals surface area contributed by atoms with Crippen LogP contribution in [0.15, 0.2) is 36.7 Å². The van der Waals surface area contributed by atoms with Crippen molar-refractivity contribution in [2.45, 2.75) is 13.3 Å². The zero-order valence-electron chi connectivity index (χ0n) is 10.5. The molecule has 0 atom stereocenters. The van der Waals surface area contributed by atoms with Crippen LogP contribution in [0.2, 0.25) is 0 Å². The molecule has 0 aliphatic carbocycles. The Labute approximate surface area is 110 Å². The maximum absolute atomic E-state index is 13.4. The van der Waals surface area contributed by atoms with E-state index in [1.807, 2.05) is 6.92 Å². The normalized spacial score (nSPS) is 10.3. The number of nitrogens with one attached hydrogen (secondary N) is 1. The molecule has 0 radical (unpaired) electrons. The first-order chi connectivity index (χ1) is 9.19. The van der Waals surface area contributed by atoms with E-state index >= 15 is 0 Å². The minimum absolute atomic E-state index is 0.158. The van der Waals surface area contributed by atoms with E-state index in [0.29, 0.717) is 5.75 Å². The van der Waals surface area contributed by atoms with Gasteiger partial charge >= 0.3 is 0 Å². The largest absolute Gasteiger partial charge is 0.452 e. The highest BCUT2D eigenvalue weighted by Gasteiger charge is 2.07. The van der Waals surface area contributed by atoms with Crippen molar-refractivity contribution in [1.29, 1.82) is 0 Å². The summed E-state index contributed by atoms with van der Waals surface area (Å²) in [5, 5.41) is 3.14. The van der Waals surface area contributed by atoms with Crippen molar-refractivity contribution in [2.75, 3.05) is 11.9 Å². The number of pyridine rings is 1. The van der Waals surface area contributed by atoms with E-state index in [-0.39, 0.29) is 5.75 Å². The Morgan fingerprint density at radius 1 is 1.21 bits per heavy atom. The molecule has 0 aliphatic rings. The monoisotopic (exact) mass is 264 g/mol. The number of benzene rings is 1. The van der Waals surface area contributed by atoms with Crippen LogP contribution in [-0.4, -0.2) is 11.5 Å². The predicted molar refractivity (Wildman–Crippen MR) is 69.4 cm³/mol. The number of hydrogen-bond donors (Lipinski definition) is 1. The number of nitrogens with zero attached hydrogens (tertiary/aromatic N) is 1. The average Bonchev–Trinajstić information content (AvgIpc) is 2.41. The van der Waals surface area contributed by atoms with Crippen molar-refractivity contribution in [1.82, 2.24) is 4.98 Å². The highest BCUT2D eigenvalue weighted by atomic mass is 19.1. The van der Waals surface area contributed by atoms with E-state index in [1.165, 1.54) is 6.20 Å². The number of rotatable bonds is 5. The quantitative estimate of drug-likeness (QED) is 0.887. The van der Waals surface area contributed by atoms with Gasteiger partial charge in [-0.25, -0.2) is 8.78 Å². The average molecular weight is 264 g/mol. The standard InChI is InChI=1S/C14H14F2N2O/c1-2-5-18-11-7-12(9-17-8-11)19-14-6-10(15)3-4-13(14)16/h3-4,6-9,18H,2,5H2,1H3. The second-order valence-corrected chi connectivity index (χ2v) is 4.01. The fourth-order valence-corrected chi connectivity index (χ4v) is 1.52. The Kier molecular flexibility index (Phi) is 4.28. The summed E-state index contributed by atoms with van der Waals surface area (Å²) in [6.45, 7) is 2.85. The Morgan fingerprint density at radius 3 is 2.84 bits per heavy atom. The molecule has 2 aromatic rings. The summed E-state index contributed by atoms with van der Waals surface area (Å²) >= 11 is 0. The molecule has 1 aromatic carbocycles. The molecule has 0 fully saturated rings. The third kappa shape index (κ3) is 3.64. The van der Waals surface area contributed by atoms with E-state index in [2.05, 4.69) is 10.3 Å². The molecule has 2 rings (SSSR count). The summed E-state index contributed by atoms with van der Waals surface area (Å²) in [7, 11) is 0. The summed E-state index contributed by atoms with van der Waals surface area (Å²) in [5.41, 5.74) is 0.774. The molecular formula is C14H14F2N2O. The number of aromatic nitrogens is 1. The summed E-state index contributed by atoms with van der Waals surface area (Å²) in [6.07, 6.45) is 4.07. The van der Waals surface area contributed by atoms with Crippen LogP contribution in [0, 0.1) is 11.6 Å². The van der Waals surface area contributed by atoms with E-state index in [0.717, 1.165) is 36.9 Å². The summed E-state index contributed by atoms with van der Waals surface area (Å²) in [6, 6.07) is 4.76.